The molecule has 1 aromatic heterocycles. The zero-order chi connectivity index (χ0) is 13.4. The highest BCUT2D eigenvalue weighted by Crippen LogP contribution is 2.19. The van der Waals surface area contributed by atoms with Crippen molar-refractivity contribution in [3.63, 3.8) is 0 Å². The number of nitrogens with zero attached hydrogens (tertiary/aromatic N) is 2. The van der Waals surface area contributed by atoms with Gasteiger partial charge in [-0.1, -0.05) is 0 Å². The molecule has 0 aromatic carbocycles. The number of amides is 1. The first-order chi connectivity index (χ1) is 8.63. The number of nitrogens with one attached hydrogen (secondary N) is 2. The Bertz CT molecular complexity index is 405. The average Bonchev–Trinajstić information content (AvgIpc) is 2.34. The number of anilines is 1. The second-order valence-electron chi connectivity index (χ2n) is 3.36. The predicted molar refractivity (Wildman–Crippen MR) is 72.7 cm³/mol. The molecule has 1 amide bonds. The summed E-state index contributed by atoms with van der Waals surface area (Å²) in [7, 11) is 1.59. The summed E-state index contributed by atoms with van der Waals surface area (Å²) in [6, 6.07) is 0. The monoisotopic (exact) mass is 336 g/mol. The maximum atomic E-state index is 11.4. The molecule has 18 heavy (non-hydrogen) atoms. The normalized spacial score (nSPS) is 10.2. The number of carbonyl (C=O) groups excluding carboxylic acids is 1. The van der Waals surface area contributed by atoms with Crippen LogP contribution in [0.1, 0.15) is 6.42 Å². The van der Waals surface area contributed by atoms with Gasteiger partial charge in [0.25, 0.3) is 0 Å². The Morgan fingerprint density at radius 3 is 3.06 bits per heavy atom. The highest BCUT2D eigenvalue weighted by molar-refractivity contribution is 9.10. The van der Waals surface area contributed by atoms with Crippen molar-refractivity contribution < 1.29 is 9.53 Å². The Kier molecular flexibility index (Phi) is 6.92. The first-order valence-corrected chi connectivity index (χ1v) is 6.48. The van der Waals surface area contributed by atoms with Gasteiger partial charge < -0.3 is 15.4 Å². The molecule has 1 aromatic rings. The molecule has 0 aliphatic heterocycles. The van der Waals surface area contributed by atoms with E-state index >= 15 is 0 Å². The number of hydrogen-bond acceptors (Lipinski definition) is 5. The van der Waals surface area contributed by atoms with Gasteiger partial charge in [-0.3, -0.25) is 4.79 Å². The fourth-order valence-corrected chi connectivity index (χ4v) is 1.61. The maximum absolute atomic E-state index is 11.4. The van der Waals surface area contributed by atoms with Crippen molar-refractivity contribution in [3.05, 3.63) is 16.0 Å². The third-order valence-corrected chi connectivity index (χ3v) is 2.75. The largest absolute Gasteiger partial charge is 0.383 e. The van der Waals surface area contributed by atoms with Crippen molar-refractivity contribution in [2.45, 2.75) is 6.42 Å². The molecule has 0 spiro atoms. The number of ether oxygens (including phenoxy) is 1. The molecule has 100 valence electrons. The molecule has 0 atom stereocenters. The molecular formula is C10H14BrClN4O2. The van der Waals surface area contributed by atoms with Crippen LogP contribution in [0.3, 0.4) is 0 Å². The molecule has 1 heterocycles. The molecule has 6 nitrogen and oxygen atoms in total. The van der Waals surface area contributed by atoms with Crippen molar-refractivity contribution in [3.8, 4) is 0 Å². The molecule has 0 unspecified atom stereocenters. The summed E-state index contributed by atoms with van der Waals surface area (Å²) < 4.78 is 5.53. The number of carbonyl (C=O) groups is 1. The lowest BCUT2D eigenvalue weighted by molar-refractivity contribution is -0.121. The topological polar surface area (TPSA) is 76.1 Å². The number of halogens is 2. The zero-order valence-electron chi connectivity index (χ0n) is 9.87. The Balaban J connectivity index is 2.28. The number of hydrogen-bond donors (Lipinski definition) is 2. The van der Waals surface area contributed by atoms with Gasteiger partial charge in [0.15, 0.2) is 0 Å². The van der Waals surface area contributed by atoms with E-state index in [9.17, 15) is 4.79 Å². The molecular weight excluding hydrogens is 323 g/mol. The quantitative estimate of drug-likeness (QED) is 0.582. The van der Waals surface area contributed by atoms with Crippen molar-refractivity contribution in [2.24, 2.45) is 0 Å². The Labute approximate surface area is 119 Å². The molecule has 0 saturated carbocycles. The summed E-state index contributed by atoms with van der Waals surface area (Å²) in [6.45, 7) is 1.48. The van der Waals surface area contributed by atoms with Crippen LogP contribution in [0.5, 0.6) is 0 Å². The molecule has 0 aliphatic carbocycles. The number of rotatable bonds is 7. The van der Waals surface area contributed by atoms with Crippen LogP contribution >= 0.6 is 27.5 Å². The van der Waals surface area contributed by atoms with Crippen LogP contribution in [0, 0.1) is 0 Å². The van der Waals surface area contributed by atoms with E-state index in [2.05, 4.69) is 36.5 Å². The minimum absolute atomic E-state index is 0.0455. The third kappa shape index (κ3) is 5.61. The van der Waals surface area contributed by atoms with Crippen molar-refractivity contribution >= 4 is 39.3 Å². The minimum Gasteiger partial charge on any atom is -0.383 e. The summed E-state index contributed by atoms with van der Waals surface area (Å²) in [5, 5.41) is 5.88. The van der Waals surface area contributed by atoms with Gasteiger partial charge in [0.2, 0.25) is 11.2 Å². The van der Waals surface area contributed by atoms with Crippen molar-refractivity contribution in [1.29, 1.82) is 0 Å². The molecule has 2 N–H and O–H groups in total. The van der Waals surface area contributed by atoms with Crippen LogP contribution in [0.25, 0.3) is 0 Å². The highest BCUT2D eigenvalue weighted by Gasteiger charge is 2.05. The van der Waals surface area contributed by atoms with E-state index in [1.807, 2.05) is 0 Å². The molecule has 0 bridgehead atoms. The Morgan fingerprint density at radius 1 is 1.56 bits per heavy atom. The van der Waals surface area contributed by atoms with E-state index in [0.29, 0.717) is 36.4 Å². The van der Waals surface area contributed by atoms with Gasteiger partial charge in [-0.05, 0) is 27.5 Å². The first kappa shape index (κ1) is 15.1. The van der Waals surface area contributed by atoms with Crippen molar-refractivity contribution in [1.82, 2.24) is 15.3 Å². The Hall–Kier alpha value is -0.920. The third-order valence-electron chi connectivity index (χ3n) is 1.99. The summed E-state index contributed by atoms with van der Waals surface area (Å²) in [5.74, 6) is 0.524. The van der Waals surface area contributed by atoms with Crippen LogP contribution < -0.4 is 10.6 Å². The van der Waals surface area contributed by atoms with E-state index in [1.165, 1.54) is 0 Å². The molecule has 0 fully saturated rings. The van der Waals surface area contributed by atoms with E-state index < -0.39 is 0 Å². The molecule has 0 aliphatic rings. The van der Waals surface area contributed by atoms with Crippen LogP contribution in [-0.2, 0) is 9.53 Å². The fraction of sp³-hybridized carbons (Fsp3) is 0.500. The summed E-state index contributed by atoms with van der Waals surface area (Å²) in [6.07, 6.45) is 1.90. The number of methoxy groups -OCH3 is 1. The molecule has 0 saturated heterocycles. The lowest BCUT2D eigenvalue weighted by atomic mass is 10.4. The van der Waals surface area contributed by atoms with Gasteiger partial charge in [0.05, 0.1) is 11.1 Å². The lowest BCUT2D eigenvalue weighted by Crippen LogP contribution is -2.28. The van der Waals surface area contributed by atoms with Crippen LogP contribution in [0.4, 0.5) is 5.82 Å². The van der Waals surface area contributed by atoms with Gasteiger partial charge >= 0.3 is 0 Å². The first-order valence-electron chi connectivity index (χ1n) is 5.31. The summed E-state index contributed by atoms with van der Waals surface area (Å²) >= 11 is 8.95. The van der Waals surface area contributed by atoms with Crippen LogP contribution in [-0.4, -0.2) is 42.7 Å². The lowest BCUT2D eigenvalue weighted by Gasteiger charge is -2.07. The van der Waals surface area contributed by atoms with Crippen LogP contribution in [0.15, 0.2) is 10.7 Å². The molecule has 1 rings (SSSR count). The second kappa shape index (κ2) is 8.23. The van der Waals surface area contributed by atoms with Gasteiger partial charge in [-0.15, -0.1) is 0 Å². The fourth-order valence-electron chi connectivity index (χ4n) is 1.14. The van der Waals surface area contributed by atoms with Gasteiger partial charge in [-0.25, -0.2) is 4.98 Å². The van der Waals surface area contributed by atoms with E-state index in [1.54, 1.807) is 13.3 Å². The van der Waals surface area contributed by atoms with Gasteiger partial charge in [0.1, 0.15) is 5.82 Å². The molecule has 0 radical (unpaired) electrons. The van der Waals surface area contributed by atoms with Crippen molar-refractivity contribution in [2.75, 3.05) is 32.1 Å². The standard InChI is InChI=1S/C10H14BrClN4O2/c1-18-5-4-13-8(17)2-3-14-9-7(11)6-15-10(12)16-9/h6H,2-5H2,1H3,(H,13,17)(H,14,15,16). The van der Waals surface area contributed by atoms with Gasteiger partial charge in [-0.2, -0.15) is 4.98 Å². The van der Waals surface area contributed by atoms with E-state index in [-0.39, 0.29) is 11.2 Å². The highest BCUT2D eigenvalue weighted by atomic mass is 79.9. The summed E-state index contributed by atoms with van der Waals surface area (Å²) in [4.78, 5) is 19.2. The minimum atomic E-state index is -0.0455. The average molecular weight is 338 g/mol. The van der Waals surface area contributed by atoms with E-state index in [0.717, 1.165) is 0 Å². The second-order valence-corrected chi connectivity index (χ2v) is 4.55. The summed E-state index contributed by atoms with van der Waals surface area (Å²) in [5.41, 5.74) is 0. The zero-order valence-corrected chi connectivity index (χ0v) is 12.2. The molecule has 8 heteroatoms. The smallest absolute Gasteiger partial charge is 0.224 e. The predicted octanol–water partition coefficient (Wildman–Crippen LogP) is 1.46. The number of aromatic nitrogens is 2. The Morgan fingerprint density at radius 2 is 2.33 bits per heavy atom. The van der Waals surface area contributed by atoms with Gasteiger partial charge in [0, 0.05) is 32.8 Å². The van der Waals surface area contributed by atoms with Crippen LogP contribution in [0.2, 0.25) is 5.28 Å². The maximum Gasteiger partial charge on any atom is 0.224 e. The SMILES string of the molecule is COCCNC(=O)CCNc1nc(Cl)ncc1Br. The van der Waals surface area contributed by atoms with E-state index in [4.69, 9.17) is 16.3 Å².